The highest BCUT2D eigenvalue weighted by molar-refractivity contribution is 7.94. The molecule has 0 radical (unpaired) electrons. The summed E-state index contributed by atoms with van der Waals surface area (Å²) < 4.78 is 36.9. The van der Waals surface area contributed by atoms with Crippen LogP contribution in [0.5, 0.6) is 5.75 Å². The molecule has 0 saturated heterocycles. The summed E-state index contributed by atoms with van der Waals surface area (Å²) in [5, 5.41) is 30.5. The van der Waals surface area contributed by atoms with Gasteiger partial charge in [-0.05, 0) is 35.7 Å². The minimum Gasteiger partial charge on any atom is -0.504 e. The first-order valence-corrected chi connectivity index (χ1v) is 9.33. The van der Waals surface area contributed by atoms with Gasteiger partial charge in [-0.25, -0.2) is 10.2 Å². The van der Waals surface area contributed by atoms with E-state index in [9.17, 15) is 18.1 Å². The van der Waals surface area contributed by atoms with Gasteiger partial charge < -0.3 is 5.11 Å². The first kappa shape index (κ1) is 19.2. The van der Waals surface area contributed by atoms with Gasteiger partial charge in [-0.15, -0.1) is 14.6 Å². The molecule has 0 bridgehead atoms. The van der Waals surface area contributed by atoms with Crippen LogP contribution in [-0.2, 0) is 19.5 Å². The number of aromatic hydroxyl groups is 1. The summed E-state index contributed by atoms with van der Waals surface area (Å²) in [5.74, 6) is -0.511. The van der Waals surface area contributed by atoms with E-state index in [0.717, 1.165) is 6.07 Å². The Morgan fingerprint density at radius 2 is 1.93 bits per heavy atom. The zero-order valence-corrected chi connectivity index (χ0v) is 14.9. The average molecular weight is 409 g/mol. The van der Waals surface area contributed by atoms with Crippen molar-refractivity contribution in [1.82, 2.24) is 4.98 Å². The molecule has 0 unspecified atom stereocenters. The number of phenols is 1. The lowest BCUT2D eigenvalue weighted by molar-refractivity contribution is -0.432. The Kier molecular flexibility index (Phi) is 5.65. The van der Waals surface area contributed by atoms with Gasteiger partial charge >= 0.3 is 0 Å². The summed E-state index contributed by atoms with van der Waals surface area (Å²) in [6.07, 6.45) is 1.49. The summed E-state index contributed by atoms with van der Waals surface area (Å²) in [6.45, 7) is 0. The lowest BCUT2D eigenvalue weighted by Crippen LogP contribution is -1.99. The average Bonchev–Trinajstić information content (AvgIpc) is 2.65. The molecule has 3 rings (SSSR count). The van der Waals surface area contributed by atoms with E-state index in [2.05, 4.69) is 24.6 Å². The van der Waals surface area contributed by atoms with Crippen molar-refractivity contribution in [2.75, 3.05) is 0 Å². The molecule has 0 fully saturated rings. The Labute approximate surface area is 156 Å². The van der Waals surface area contributed by atoms with Gasteiger partial charge in [0.1, 0.15) is 10.6 Å². The van der Waals surface area contributed by atoms with Crippen molar-refractivity contribution in [3.8, 4) is 5.75 Å². The fourth-order valence-corrected chi connectivity index (χ4v) is 3.27. The lowest BCUT2D eigenvalue weighted by Gasteiger charge is -2.09. The zero-order valence-electron chi connectivity index (χ0n) is 13.3. The Hall–Kier alpha value is -2.61. The Morgan fingerprint density at radius 3 is 2.59 bits per heavy atom. The van der Waals surface area contributed by atoms with Gasteiger partial charge in [0.05, 0.1) is 12.0 Å². The van der Waals surface area contributed by atoms with E-state index in [4.69, 9.17) is 5.26 Å². The Balaban J connectivity index is 2.19. The highest BCUT2D eigenvalue weighted by Gasteiger charge is 2.22. The molecule has 0 aliphatic heterocycles. The predicted molar refractivity (Wildman–Crippen MR) is 94.5 cm³/mol. The molecule has 0 atom stereocenters. The van der Waals surface area contributed by atoms with Gasteiger partial charge in [0.15, 0.2) is 11.6 Å². The standard InChI is InChI=1S/C15H11N3O7S2/c19-15-12(27(21,22)23)8-9-7-10(26-25-24-20)4-5-11(9)14(15)18-17-13-3-1-2-6-16-13/h1-8,19-20H,(H,21,22,23)/b18-17+. The number of rotatable bonds is 6. The second-order valence-electron chi connectivity index (χ2n) is 5.04. The molecule has 0 aliphatic carbocycles. The van der Waals surface area contributed by atoms with E-state index in [1.54, 1.807) is 24.3 Å². The van der Waals surface area contributed by atoms with Crippen LogP contribution in [0.25, 0.3) is 10.8 Å². The second-order valence-corrected chi connectivity index (χ2v) is 7.21. The third-order valence-electron chi connectivity index (χ3n) is 3.36. The molecule has 0 aliphatic rings. The van der Waals surface area contributed by atoms with Crippen molar-refractivity contribution in [2.24, 2.45) is 10.2 Å². The van der Waals surface area contributed by atoms with E-state index in [-0.39, 0.29) is 11.5 Å². The molecule has 140 valence electrons. The minimum atomic E-state index is -4.73. The molecular weight excluding hydrogens is 398 g/mol. The van der Waals surface area contributed by atoms with Gasteiger partial charge in [0, 0.05) is 16.5 Å². The van der Waals surface area contributed by atoms with Crippen LogP contribution in [0.15, 0.2) is 68.7 Å². The number of pyridine rings is 1. The molecule has 12 heteroatoms. The summed E-state index contributed by atoms with van der Waals surface area (Å²) in [7, 11) is -4.73. The van der Waals surface area contributed by atoms with Crippen molar-refractivity contribution in [1.29, 1.82) is 0 Å². The van der Waals surface area contributed by atoms with Crippen LogP contribution in [0, 0.1) is 0 Å². The highest BCUT2D eigenvalue weighted by Crippen LogP contribution is 2.42. The van der Waals surface area contributed by atoms with Crippen molar-refractivity contribution in [3.63, 3.8) is 0 Å². The third-order valence-corrected chi connectivity index (χ3v) is 4.81. The molecule has 10 nitrogen and oxygen atoms in total. The summed E-state index contributed by atoms with van der Waals surface area (Å²) in [5.41, 5.74) is -0.165. The number of nitrogens with zero attached hydrogens (tertiary/aromatic N) is 3. The smallest absolute Gasteiger partial charge is 0.298 e. The van der Waals surface area contributed by atoms with Crippen molar-refractivity contribution < 1.29 is 32.7 Å². The van der Waals surface area contributed by atoms with Crippen LogP contribution in [0.1, 0.15) is 0 Å². The van der Waals surface area contributed by atoms with E-state index < -0.39 is 20.8 Å². The summed E-state index contributed by atoms with van der Waals surface area (Å²) >= 11 is 0.658. The Morgan fingerprint density at radius 1 is 1.11 bits per heavy atom. The van der Waals surface area contributed by atoms with Crippen LogP contribution in [0.4, 0.5) is 11.5 Å². The minimum absolute atomic E-state index is 0.165. The van der Waals surface area contributed by atoms with Crippen molar-refractivity contribution in [2.45, 2.75) is 9.79 Å². The quantitative estimate of drug-likeness (QED) is 0.180. The first-order valence-electron chi connectivity index (χ1n) is 7.15. The molecular formula is C15H11N3O7S2. The maximum atomic E-state index is 11.6. The molecule has 27 heavy (non-hydrogen) atoms. The SMILES string of the molecule is O=S(=O)(O)c1cc2cc(SOOO)ccc2c(/N=N/c2ccccn2)c1O. The maximum Gasteiger partial charge on any atom is 0.298 e. The van der Waals surface area contributed by atoms with E-state index >= 15 is 0 Å². The van der Waals surface area contributed by atoms with Crippen LogP contribution >= 0.6 is 12.0 Å². The van der Waals surface area contributed by atoms with Crippen LogP contribution in [0.3, 0.4) is 0 Å². The molecule has 0 amide bonds. The molecule has 3 aromatic rings. The first-order chi connectivity index (χ1) is 12.9. The number of hydrogen-bond acceptors (Lipinski definition) is 10. The van der Waals surface area contributed by atoms with Crippen LogP contribution < -0.4 is 0 Å². The van der Waals surface area contributed by atoms with E-state index in [1.165, 1.54) is 18.3 Å². The molecule has 0 spiro atoms. The number of phenolic OH excluding ortho intramolecular Hbond substituents is 1. The van der Waals surface area contributed by atoms with Crippen LogP contribution in [-0.4, -0.2) is 28.3 Å². The van der Waals surface area contributed by atoms with E-state index in [1.807, 2.05) is 0 Å². The fourth-order valence-electron chi connectivity index (χ4n) is 2.25. The third kappa shape index (κ3) is 4.39. The van der Waals surface area contributed by atoms with Gasteiger partial charge in [-0.2, -0.15) is 8.42 Å². The molecule has 0 saturated carbocycles. The molecule has 3 N–H and O–H groups in total. The molecule has 1 aromatic heterocycles. The van der Waals surface area contributed by atoms with Gasteiger partial charge in [-0.3, -0.25) is 4.55 Å². The van der Waals surface area contributed by atoms with Crippen molar-refractivity contribution >= 4 is 44.4 Å². The second kappa shape index (κ2) is 7.96. The van der Waals surface area contributed by atoms with Gasteiger partial charge in [-0.1, -0.05) is 17.2 Å². The maximum absolute atomic E-state index is 11.6. The van der Waals surface area contributed by atoms with E-state index in [0.29, 0.717) is 27.7 Å². The lowest BCUT2D eigenvalue weighted by atomic mass is 10.1. The Bertz CT molecular complexity index is 1110. The molecule has 2 aromatic carbocycles. The molecule has 1 heterocycles. The number of hydrogen-bond donors (Lipinski definition) is 3. The topological polar surface area (TPSA) is 151 Å². The number of azo groups is 1. The normalized spacial score (nSPS) is 12.1. The number of aromatic nitrogens is 1. The largest absolute Gasteiger partial charge is 0.504 e. The summed E-state index contributed by atoms with van der Waals surface area (Å²) in [6, 6.07) is 10.6. The summed E-state index contributed by atoms with van der Waals surface area (Å²) in [4.78, 5) is 3.67. The van der Waals surface area contributed by atoms with Crippen molar-refractivity contribution in [3.05, 3.63) is 48.7 Å². The van der Waals surface area contributed by atoms with Gasteiger partial charge in [0.2, 0.25) is 0 Å². The highest BCUT2D eigenvalue weighted by atomic mass is 32.2. The predicted octanol–water partition coefficient (Wildman–Crippen LogP) is 4.03. The van der Waals surface area contributed by atoms with Gasteiger partial charge in [0.25, 0.3) is 10.1 Å². The van der Waals surface area contributed by atoms with Crippen LogP contribution in [0.2, 0.25) is 0 Å². The zero-order chi connectivity index (χ0) is 19.4. The monoisotopic (exact) mass is 409 g/mol. The fraction of sp³-hybridized carbons (Fsp3) is 0. The number of benzene rings is 2. The number of fused-ring (bicyclic) bond motifs is 1.